The Morgan fingerprint density at radius 2 is 1.96 bits per heavy atom. The van der Waals surface area contributed by atoms with E-state index in [0.29, 0.717) is 26.9 Å². The molecule has 27 heavy (non-hydrogen) atoms. The molecular formula is C18H15Cl2N3O4. The summed E-state index contributed by atoms with van der Waals surface area (Å²) in [6, 6.07) is 8.06. The predicted octanol–water partition coefficient (Wildman–Crippen LogP) is 3.36. The highest BCUT2D eigenvalue weighted by molar-refractivity contribution is 6.36. The van der Waals surface area contributed by atoms with Gasteiger partial charge >= 0.3 is 0 Å². The summed E-state index contributed by atoms with van der Waals surface area (Å²) in [5.74, 6) is 0.240. The van der Waals surface area contributed by atoms with Crippen molar-refractivity contribution in [2.75, 3.05) is 19.5 Å². The molecule has 0 radical (unpaired) electrons. The Balaban J connectivity index is 1.94. The number of ether oxygens (including phenoxy) is 2. The molecule has 0 fully saturated rings. The number of anilines is 1. The van der Waals surface area contributed by atoms with Gasteiger partial charge in [-0.1, -0.05) is 23.2 Å². The van der Waals surface area contributed by atoms with Gasteiger partial charge in [-0.15, -0.1) is 0 Å². The van der Waals surface area contributed by atoms with E-state index >= 15 is 0 Å². The van der Waals surface area contributed by atoms with Crippen molar-refractivity contribution in [3.8, 4) is 11.5 Å². The van der Waals surface area contributed by atoms with Gasteiger partial charge in [-0.2, -0.15) is 5.10 Å². The van der Waals surface area contributed by atoms with E-state index in [1.54, 1.807) is 24.3 Å². The molecule has 0 aliphatic heterocycles. The van der Waals surface area contributed by atoms with Crippen molar-refractivity contribution >= 4 is 45.6 Å². The predicted molar refractivity (Wildman–Crippen MR) is 104 cm³/mol. The standard InChI is InChI=1S/C18H15Cl2N3O4/c1-26-14-6-3-10-8-21-23(18(25)16(10)17(14)27-2)9-15(24)22-13-5-4-11(19)7-12(13)20/h3-8H,9H2,1-2H3,(H,22,24). The molecule has 1 amide bonds. The van der Waals surface area contributed by atoms with E-state index in [2.05, 4.69) is 10.4 Å². The Kier molecular flexibility index (Phi) is 5.53. The summed E-state index contributed by atoms with van der Waals surface area (Å²) in [5, 5.41) is 8.28. The maximum atomic E-state index is 12.8. The first-order valence-corrected chi connectivity index (χ1v) is 8.56. The van der Waals surface area contributed by atoms with Gasteiger partial charge < -0.3 is 14.8 Å². The summed E-state index contributed by atoms with van der Waals surface area (Å²) >= 11 is 11.9. The molecule has 1 aromatic heterocycles. The van der Waals surface area contributed by atoms with Crippen molar-refractivity contribution in [3.63, 3.8) is 0 Å². The third-order valence-corrected chi connectivity index (χ3v) is 4.41. The number of hydrogen-bond donors (Lipinski definition) is 1. The average Bonchev–Trinajstić information content (AvgIpc) is 2.65. The summed E-state index contributed by atoms with van der Waals surface area (Å²) in [5.41, 5.74) is -0.0836. The summed E-state index contributed by atoms with van der Waals surface area (Å²) in [6.07, 6.45) is 1.49. The molecule has 0 bridgehead atoms. The number of carbonyl (C=O) groups excluding carboxylic acids is 1. The zero-order valence-electron chi connectivity index (χ0n) is 14.5. The van der Waals surface area contributed by atoms with Crippen molar-refractivity contribution in [1.82, 2.24) is 9.78 Å². The smallest absolute Gasteiger partial charge is 0.279 e. The van der Waals surface area contributed by atoms with Crippen LogP contribution < -0.4 is 20.3 Å². The first-order valence-electron chi connectivity index (χ1n) is 7.80. The van der Waals surface area contributed by atoms with Crippen LogP contribution in [0.2, 0.25) is 10.0 Å². The highest BCUT2D eigenvalue weighted by Gasteiger charge is 2.16. The quantitative estimate of drug-likeness (QED) is 0.700. The Morgan fingerprint density at radius 1 is 1.19 bits per heavy atom. The van der Waals surface area contributed by atoms with E-state index in [1.807, 2.05) is 0 Å². The number of methoxy groups -OCH3 is 2. The molecule has 0 saturated carbocycles. The van der Waals surface area contributed by atoms with Crippen molar-refractivity contribution in [2.24, 2.45) is 0 Å². The van der Waals surface area contributed by atoms with Crippen LogP contribution in [0, 0.1) is 0 Å². The molecule has 3 rings (SSSR count). The van der Waals surface area contributed by atoms with Crippen LogP contribution in [0.1, 0.15) is 0 Å². The molecule has 1 heterocycles. The van der Waals surface area contributed by atoms with Crippen LogP contribution in [-0.4, -0.2) is 29.9 Å². The summed E-state index contributed by atoms with van der Waals surface area (Å²) in [4.78, 5) is 25.1. The van der Waals surface area contributed by atoms with Crippen LogP contribution in [0.4, 0.5) is 5.69 Å². The third-order valence-electron chi connectivity index (χ3n) is 3.86. The topological polar surface area (TPSA) is 82.5 Å². The van der Waals surface area contributed by atoms with E-state index in [9.17, 15) is 9.59 Å². The van der Waals surface area contributed by atoms with Crippen molar-refractivity contribution in [3.05, 3.63) is 56.9 Å². The van der Waals surface area contributed by atoms with E-state index in [1.165, 1.54) is 26.5 Å². The fourth-order valence-corrected chi connectivity index (χ4v) is 3.07. The van der Waals surface area contributed by atoms with Gasteiger partial charge in [0.05, 0.1) is 36.5 Å². The monoisotopic (exact) mass is 407 g/mol. The number of amides is 1. The molecule has 0 spiro atoms. The molecule has 1 N–H and O–H groups in total. The Morgan fingerprint density at radius 3 is 2.63 bits per heavy atom. The second-order valence-electron chi connectivity index (χ2n) is 5.55. The number of rotatable bonds is 5. The summed E-state index contributed by atoms with van der Waals surface area (Å²) in [6.45, 7) is -0.298. The minimum absolute atomic E-state index is 0.282. The van der Waals surface area contributed by atoms with Crippen molar-refractivity contribution < 1.29 is 14.3 Å². The lowest BCUT2D eigenvalue weighted by Gasteiger charge is -2.12. The minimum atomic E-state index is -0.472. The van der Waals surface area contributed by atoms with Gasteiger partial charge in [-0.05, 0) is 30.3 Å². The van der Waals surface area contributed by atoms with Crippen LogP contribution in [0.15, 0.2) is 41.3 Å². The maximum absolute atomic E-state index is 12.8. The molecule has 0 atom stereocenters. The number of fused-ring (bicyclic) bond motifs is 1. The molecule has 9 heteroatoms. The third kappa shape index (κ3) is 3.84. The molecule has 7 nitrogen and oxygen atoms in total. The first-order chi connectivity index (χ1) is 12.9. The minimum Gasteiger partial charge on any atom is -0.493 e. The molecule has 2 aromatic carbocycles. The van der Waals surface area contributed by atoms with E-state index in [4.69, 9.17) is 32.7 Å². The Bertz CT molecular complexity index is 1080. The number of aromatic nitrogens is 2. The molecular weight excluding hydrogens is 393 g/mol. The lowest BCUT2D eigenvalue weighted by Crippen LogP contribution is -2.29. The largest absolute Gasteiger partial charge is 0.493 e. The molecule has 0 aliphatic carbocycles. The second kappa shape index (κ2) is 7.85. The van der Waals surface area contributed by atoms with Crippen molar-refractivity contribution in [2.45, 2.75) is 6.54 Å². The zero-order valence-corrected chi connectivity index (χ0v) is 16.0. The molecule has 0 saturated heterocycles. The number of benzene rings is 2. The SMILES string of the molecule is COc1ccc2cnn(CC(=O)Nc3ccc(Cl)cc3Cl)c(=O)c2c1OC. The van der Waals surface area contributed by atoms with Gasteiger partial charge in [0.25, 0.3) is 5.56 Å². The van der Waals surface area contributed by atoms with E-state index < -0.39 is 11.5 Å². The summed E-state index contributed by atoms with van der Waals surface area (Å²) in [7, 11) is 2.92. The fourth-order valence-electron chi connectivity index (χ4n) is 2.61. The maximum Gasteiger partial charge on any atom is 0.279 e. The first kappa shape index (κ1) is 19.0. The zero-order chi connectivity index (χ0) is 19.6. The average molecular weight is 408 g/mol. The normalized spacial score (nSPS) is 10.7. The molecule has 3 aromatic rings. The van der Waals surface area contributed by atoms with Crippen LogP contribution in [-0.2, 0) is 11.3 Å². The number of nitrogens with zero attached hydrogens (tertiary/aromatic N) is 2. The van der Waals surface area contributed by atoms with Gasteiger partial charge in [-0.3, -0.25) is 9.59 Å². The number of nitrogens with one attached hydrogen (secondary N) is 1. The molecule has 140 valence electrons. The highest BCUT2D eigenvalue weighted by atomic mass is 35.5. The van der Waals surface area contributed by atoms with Crippen LogP contribution in [0.25, 0.3) is 10.8 Å². The fraction of sp³-hybridized carbons (Fsp3) is 0.167. The molecule has 0 aliphatic rings. The molecule has 0 unspecified atom stereocenters. The van der Waals surface area contributed by atoms with Gasteiger partial charge in [0, 0.05) is 10.4 Å². The number of carbonyl (C=O) groups is 1. The highest BCUT2D eigenvalue weighted by Crippen LogP contribution is 2.32. The van der Waals surface area contributed by atoms with Gasteiger partial charge in [0.2, 0.25) is 5.91 Å². The van der Waals surface area contributed by atoms with Crippen LogP contribution in [0.5, 0.6) is 11.5 Å². The lowest BCUT2D eigenvalue weighted by atomic mass is 10.1. The van der Waals surface area contributed by atoms with Gasteiger partial charge in [0.15, 0.2) is 11.5 Å². The lowest BCUT2D eigenvalue weighted by molar-refractivity contribution is -0.117. The Hall–Kier alpha value is -2.77. The van der Waals surface area contributed by atoms with Gasteiger partial charge in [-0.25, -0.2) is 4.68 Å². The number of hydrogen-bond acceptors (Lipinski definition) is 5. The van der Waals surface area contributed by atoms with E-state index in [-0.39, 0.29) is 17.7 Å². The summed E-state index contributed by atoms with van der Waals surface area (Å²) < 4.78 is 11.6. The van der Waals surface area contributed by atoms with Crippen LogP contribution >= 0.6 is 23.2 Å². The van der Waals surface area contributed by atoms with E-state index in [0.717, 1.165) is 4.68 Å². The number of halogens is 2. The van der Waals surface area contributed by atoms with Crippen molar-refractivity contribution in [1.29, 1.82) is 0 Å². The van der Waals surface area contributed by atoms with Gasteiger partial charge in [0.1, 0.15) is 6.54 Å². The Labute approximate surface area is 164 Å². The van der Waals surface area contributed by atoms with Crippen LogP contribution in [0.3, 0.4) is 0 Å². The second-order valence-corrected chi connectivity index (χ2v) is 6.39.